The standard InChI is InChI=1S/C27H37N3O4/c1-7-30(23(24(31)28-19(2)3)21-16-12-9-13-17-21)25(32)22(18-20-14-10-8-11-15-20)29-26(33)34-27(4,5)6/h8-17,19,22-23H,7,18H2,1-6H3,(H,28,31)(H,29,33). The highest BCUT2D eigenvalue weighted by Gasteiger charge is 2.35. The van der Waals surface area contributed by atoms with Gasteiger partial charge in [-0.25, -0.2) is 4.79 Å². The maximum Gasteiger partial charge on any atom is 0.408 e. The van der Waals surface area contributed by atoms with Gasteiger partial charge in [-0.2, -0.15) is 0 Å². The van der Waals surface area contributed by atoms with E-state index in [0.717, 1.165) is 5.56 Å². The van der Waals surface area contributed by atoms with Crippen molar-refractivity contribution < 1.29 is 19.1 Å². The second-order valence-electron chi connectivity index (χ2n) is 9.49. The molecule has 0 fully saturated rings. The third-order valence-corrected chi connectivity index (χ3v) is 5.00. The largest absolute Gasteiger partial charge is 0.444 e. The fraction of sp³-hybridized carbons (Fsp3) is 0.444. The predicted octanol–water partition coefficient (Wildman–Crippen LogP) is 4.24. The molecule has 2 N–H and O–H groups in total. The van der Waals surface area contributed by atoms with Gasteiger partial charge in [0.05, 0.1) is 0 Å². The van der Waals surface area contributed by atoms with Crippen molar-refractivity contribution in [1.29, 1.82) is 0 Å². The van der Waals surface area contributed by atoms with Crippen molar-refractivity contribution in [2.24, 2.45) is 0 Å². The monoisotopic (exact) mass is 467 g/mol. The van der Waals surface area contributed by atoms with Gasteiger partial charge in [-0.15, -0.1) is 0 Å². The van der Waals surface area contributed by atoms with Crippen LogP contribution in [0, 0.1) is 0 Å². The topological polar surface area (TPSA) is 87.7 Å². The Labute approximate surface area is 202 Å². The van der Waals surface area contributed by atoms with E-state index in [1.54, 1.807) is 20.8 Å². The molecule has 0 saturated heterocycles. The van der Waals surface area contributed by atoms with Crippen molar-refractivity contribution in [3.63, 3.8) is 0 Å². The number of ether oxygens (including phenoxy) is 1. The van der Waals surface area contributed by atoms with Gasteiger partial charge in [0.15, 0.2) is 0 Å². The van der Waals surface area contributed by atoms with Crippen LogP contribution in [0.15, 0.2) is 60.7 Å². The number of likely N-dealkylation sites (N-methyl/N-ethyl adjacent to an activating group) is 1. The summed E-state index contributed by atoms with van der Waals surface area (Å²) in [4.78, 5) is 41.2. The molecule has 184 valence electrons. The molecule has 0 bridgehead atoms. The van der Waals surface area contributed by atoms with E-state index in [0.29, 0.717) is 5.56 Å². The Hall–Kier alpha value is -3.35. The molecular formula is C27H37N3O4. The van der Waals surface area contributed by atoms with Crippen molar-refractivity contribution in [3.05, 3.63) is 71.8 Å². The van der Waals surface area contributed by atoms with Gasteiger partial charge >= 0.3 is 6.09 Å². The first-order valence-electron chi connectivity index (χ1n) is 11.7. The molecular weight excluding hydrogens is 430 g/mol. The average Bonchev–Trinajstić information content (AvgIpc) is 2.76. The van der Waals surface area contributed by atoms with E-state index in [9.17, 15) is 14.4 Å². The molecule has 0 aliphatic heterocycles. The minimum absolute atomic E-state index is 0.0903. The Morgan fingerprint density at radius 3 is 1.97 bits per heavy atom. The molecule has 0 aliphatic carbocycles. The third kappa shape index (κ3) is 8.21. The Balaban J connectivity index is 2.41. The predicted molar refractivity (Wildman–Crippen MR) is 133 cm³/mol. The summed E-state index contributed by atoms with van der Waals surface area (Å²) in [6, 6.07) is 16.8. The summed E-state index contributed by atoms with van der Waals surface area (Å²) in [5, 5.41) is 5.67. The lowest BCUT2D eigenvalue weighted by atomic mass is 10.0. The van der Waals surface area contributed by atoms with Crippen LogP contribution in [-0.4, -0.2) is 47.0 Å². The van der Waals surface area contributed by atoms with Crippen molar-refractivity contribution in [2.75, 3.05) is 6.54 Å². The number of amides is 3. The zero-order chi connectivity index (χ0) is 25.3. The van der Waals surface area contributed by atoms with E-state index < -0.39 is 23.8 Å². The van der Waals surface area contributed by atoms with Crippen molar-refractivity contribution in [1.82, 2.24) is 15.5 Å². The summed E-state index contributed by atoms with van der Waals surface area (Å²) < 4.78 is 5.41. The Morgan fingerprint density at radius 2 is 1.47 bits per heavy atom. The Morgan fingerprint density at radius 1 is 0.912 bits per heavy atom. The number of hydrogen-bond acceptors (Lipinski definition) is 4. The highest BCUT2D eigenvalue weighted by molar-refractivity contribution is 5.92. The van der Waals surface area contributed by atoms with Crippen LogP contribution in [0.4, 0.5) is 4.79 Å². The highest BCUT2D eigenvalue weighted by atomic mass is 16.6. The highest BCUT2D eigenvalue weighted by Crippen LogP contribution is 2.23. The van der Waals surface area contributed by atoms with E-state index in [4.69, 9.17) is 4.74 Å². The summed E-state index contributed by atoms with van der Waals surface area (Å²) in [7, 11) is 0. The number of nitrogens with zero attached hydrogens (tertiary/aromatic N) is 1. The van der Waals surface area contributed by atoms with Crippen molar-refractivity contribution >= 4 is 17.9 Å². The summed E-state index contributed by atoms with van der Waals surface area (Å²) >= 11 is 0. The molecule has 7 heteroatoms. The third-order valence-electron chi connectivity index (χ3n) is 5.00. The Kier molecular flexibility index (Phi) is 9.66. The Bertz CT molecular complexity index is 939. The molecule has 0 aliphatic rings. The first-order valence-corrected chi connectivity index (χ1v) is 11.7. The van der Waals surface area contributed by atoms with E-state index in [-0.39, 0.29) is 30.8 Å². The number of rotatable bonds is 9. The molecule has 2 aromatic rings. The van der Waals surface area contributed by atoms with Crippen LogP contribution >= 0.6 is 0 Å². The van der Waals surface area contributed by atoms with E-state index in [1.807, 2.05) is 81.4 Å². The molecule has 2 unspecified atom stereocenters. The van der Waals surface area contributed by atoms with Gasteiger partial charge in [0, 0.05) is 19.0 Å². The van der Waals surface area contributed by atoms with E-state index in [2.05, 4.69) is 10.6 Å². The maximum atomic E-state index is 13.9. The normalized spacial score (nSPS) is 13.0. The van der Waals surface area contributed by atoms with Crippen LogP contribution in [0.5, 0.6) is 0 Å². The smallest absolute Gasteiger partial charge is 0.408 e. The summed E-state index contributed by atoms with van der Waals surface area (Å²) in [5.41, 5.74) is 0.876. The van der Waals surface area contributed by atoms with Crippen molar-refractivity contribution in [2.45, 2.75) is 71.7 Å². The lowest BCUT2D eigenvalue weighted by molar-refractivity contribution is -0.142. The number of nitrogens with one attached hydrogen (secondary N) is 2. The minimum Gasteiger partial charge on any atom is -0.444 e. The molecule has 0 heterocycles. The zero-order valence-corrected chi connectivity index (χ0v) is 21.0. The number of hydrogen-bond donors (Lipinski definition) is 2. The van der Waals surface area contributed by atoms with Gasteiger partial charge in [0.1, 0.15) is 17.7 Å². The number of carbonyl (C=O) groups is 3. The number of carbonyl (C=O) groups excluding carboxylic acids is 3. The molecule has 3 amide bonds. The van der Waals surface area contributed by atoms with Gasteiger partial charge in [-0.05, 0) is 52.7 Å². The van der Waals surface area contributed by atoms with E-state index in [1.165, 1.54) is 4.90 Å². The molecule has 0 saturated carbocycles. The van der Waals surface area contributed by atoms with Gasteiger partial charge in [0.25, 0.3) is 0 Å². The zero-order valence-electron chi connectivity index (χ0n) is 21.0. The summed E-state index contributed by atoms with van der Waals surface area (Å²) in [6.07, 6.45) is -0.413. The minimum atomic E-state index is -0.907. The second kappa shape index (κ2) is 12.2. The molecule has 0 aromatic heterocycles. The quantitative estimate of drug-likeness (QED) is 0.578. The summed E-state index contributed by atoms with van der Waals surface area (Å²) in [6.45, 7) is 11.2. The molecule has 0 radical (unpaired) electrons. The molecule has 7 nitrogen and oxygen atoms in total. The molecule has 34 heavy (non-hydrogen) atoms. The summed E-state index contributed by atoms with van der Waals surface area (Å²) in [5.74, 6) is -0.628. The first-order chi connectivity index (χ1) is 16.0. The van der Waals surface area contributed by atoms with Crippen LogP contribution in [-0.2, 0) is 20.7 Å². The molecule has 2 aromatic carbocycles. The SMILES string of the molecule is CCN(C(=O)C(Cc1ccccc1)NC(=O)OC(C)(C)C)C(C(=O)NC(C)C)c1ccccc1. The second-order valence-corrected chi connectivity index (χ2v) is 9.49. The fourth-order valence-electron chi connectivity index (χ4n) is 3.64. The fourth-order valence-corrected chi connectivity index (χ4v) is 3.64. The number of alkyl carbamates (subject to hydrolysis) is 1. The van der Waals surface area contributed by atoms with Crippen LogP contribution < -0.4 is 10.6 Å². The van der Waals surface area contributed by atoms with Crippen LogP contribution in [0.1, 0.15) is 58.7 Å². The van der Waals surface area contributed by atoms with Crippen LogP contribution in [0.3, 0.4) is 0 Å². The van der Waals surface area contributed by atoms with Crippen LogP contribution in [0.25, 0.3) is 0 Å². The molecule has 0 spiro atoms. The number of benzene rings is 2. The first kappa shape index (κ1) is 26.9. The lowest BCUT2D eigenvalue weighted by Crippen LogP contribution is -2.54. The van der Waals surface area contributed by atoms with Gasteiger partial charge in [-0.1, -0.05) is 60.7 Å². The maximum absolute atomic E-state index is 13.9. The average molecular weight is 468 g/mol. The molecule has 2 atom stereocenters. The van der Waals surface area contributed by atoms with Gasteiger partial charge in [0.2, 0.25) is 11.8 Å². The molecule has 2 rings (SSSR count). The van der Waals surface area contributed by atoms with Crippen molar-refractivity contribution in [3.8, 4) is 0 Å². The van der Waals surface area contributed by atoms with Crippen LogP contribution in [0.2, 0.25) is 0 Å². The van der Waals surface area contributed by atoms with Gasteiger partial charge in [-0.3, -0.25) is 9.59 Å². The lowest BCUT2D eigenvalue weighted by Gasteiger charge is -2.34. The van der Waals surface area contributed by atoms with E-state index >= 15 is 0 Å². The van der Waals surface area contributed by atoms with Gasteiger partial charge < -0.3 is 20.3 Å².